The normalized spacial score (nSPS) is 15.9. The van der Waals surface area contributed by atoms with E-state index in [9.17, 15) is 9.59 Å². The predicted molar refractivity (Wildman–Crippen MR) is 109 cm³/mol. The Morgan fingerprint density at radius 1 is 1.03 bits per heavy atom. The summed E-state index contributed by atoms with van der Waals surface area (Å²) in [5, 5.41) is 5.00. The van der Waals surface area contributed by atoms with Gasteiger partial charge in [-0.15, -0.1) is 0 Å². The highest BCUT2D eigenvalue weighted by Gasteiger charge is 2.44. The molecule has 29 heavy (non-hydrogen) atoms. The van der Waals surface area contributed by atoms with Gasteiger partial charge in [0.25, 0.3) is 5.91 Å². The molecule has 4 aromatic rings. The van der Waals surface area contributed by atoms with Gasteiger partial charge in [0.05, 0.1) is 17.0 Å². The molecule has 0 unspecified atom stereocenters. The molecule has 144 valence electrons. The third-order valence-corrected chi connectivity index (χ3v) is 5.33. The average molecular weight is 407 g/mol. The predicted octanol–water partition coefficient (Wildman–Crippen LogP) is 4.80. The van der Waals surface area contributed by atoms with Crippen molar-refractivity contribution in [1.82, 2.24) is 5.16 Å². The van der Waals surface area contributed by atoms with Crippen molar-refractivity contribution in [2.45, 2.75) is 19.9 Å². The third kappa shape index (κ3) is 2.68. The first-order chi connectivity index (χ1) is 13.9. The molecule has 0 N–H and O–H groups in total. The summed E-state index contributed by atoms with van der Waals surface area (Å²) in [7, 11) is 0. The molecule has 1 aliphatic rings. The minimum absolute atomic E-state index is 0.0203. The van der Waals surface area contributed by atoms with Gasteiger partial charge in [-0.05, 0) is 43.7 Å². The Hall–Kier alpha value is -3.38. The first-order valence-electron chi connectivity index (χ1n) is 9.04. The summed E-state index contributed by atoms with van der Waals surface area (Å²) in [6.07, 6.45) is 0. The molecule has 0 bridgehead atoms. The van der Waals surface area contributed by atoms with Crippen molar-refractivity contribution in [3.8, 4) is 0 Å². The number of halogens is 1. The zero-order valence-electron chi connectivity index (χ0n) is 15.6. The average Bonchev–Trinajstić information content (AvgIpc) is 3.25. The fraction of sp³-hybridized carbons (Fsp3) is 0.136. The number of anilines is 1. The van der Waals surface area contributed by atoms with Crippen LogP contribution in [0, 0.1) is 13.8 Å². The molecule has 6 nitrogen and oxygen atoms in total. The van der Waals surface area contributed by atoms with Gasteiger partial charge in [-0.1, -0.05) is 40.5 Å². The third-order valence-electron chi connectivity index (χ3n) is 5.07. The molecule has 0 saturated carbocycles. The maximum Gasteiger partial charge on any atom is 0.296 e. The Balaban J connectivity index is 1.83. The van der Waals surface area contributed by atoms with Crippen molar-refractivity contribution < 1.29 is 13.7 Å². The molecule has 0 aliphatic carbocycles. The Morgan fingerprint density at radius 3 is 2.48 bits per heavy atom. The summed E-state index contributed by atoms with van der Waals surface area (Å²) >= 11 is 6.04. The van der Waals surface area contributed by atoms with Crippen LogP contribution in [0.1, 0.15) is 39.0 Å². The van der Waals surface area contributed by atoms with Crippen molar-refractivity contribution in [2.75, 3.05) is 4.90 Å². The molecule has 5 rings (SSSR count). The molecule has 7 heteroatoms. The number of fused-ring (bicyclic) bond motifs is 2. The van der Waals surface area contributed by atoms with Crippen molar-refractivity contribution in [3.63, 3.8) is 0 Å². The van der Waals surface area contributed by atoms with Gasteiger partial charge in [0, 0.05) is 11.1 Å². The highest BCUT2D eigenvalue weighted by atomic mass is 35.5. The summed E-state index contributed by atoms with van der Waals surface area (Å²) in [6, 6.07) is 13.3. The quantitative estimate of drug-likeness (QED) is 0.478. The largest absolute Gasteiger partial charge is 0.450 e. The molecule has 0 fully saturated rings. The fourth-order valence-corrected chi connectivity index (χ4v) is 3.88. The van der Waals surface area contributed by atoms with Gasteiger partial charge >= 0.3 is 0 Å². The first-order valence-corrected chi connectivity index (χ1v) is 9.41. The van der Waals surface area contributed by atoms with Crippen LogP contribution in [-0.2, 0) is 0 Å². The van der Waals surface area contributed by atoms with Crippen LogP contribution in [0.3, 0.4) is 0 Å². The Bertz CT molecular complexity index is 1340. The van der Waals surface area contributed by atoms with E-state index in [2.05, 4.69) is 5.16 Å². The molecule has 1 amide bonds. The molecule has 1 aliphatic heterocycles. The first kappa shape index (κ1) is 17.7. The number of nitrogens with zero attached hydrogens (tertiary/aromatic N) is 2. The minimum atomic E-state index is -0.694. The van der Waals surface area contributed by atoms with Crippen molar-refractivity contribution in [3.05, 3.63) is 92.0 Å². The smallest absolute Gasteiger partial charge is 0.296 e. The number of carbonyl (C=O) groups excluding carboxylic acids is 1. The van der Waals surface area contributed by atoms with Crippen molar-refractivity contribution >= 4 is 34.3 Å². The van der Waals surface area contributed by atoms with E-state index in [1.165, 1.54) is 4.90 Å². The van der Waals surface area contributed by atoms with Crippen LogP contribution in [0.25, 0.3) is 11.0 Å². The summed E-state index contributed by atoms with van der Waals surface area (Å²) < 4.78 is 11.1. The molecule has 0 spiro atoms. The minimum Gasteiger partial charge on any atom is -0.450 e. The van der Waals surface area contributed by atoms with E-state index in [0.29, 0.717) is 27.6 Å². The van der Waals surface area contributed by atoms with Gasteiger partial charge in [0.1, 0.15) is 11.3 Å². The molecule has 3 heterocycles. The number of hydrogen-bond acceptors (Lipinski definition) is 5. The van der Waals surface area contributed by atoms with Crippen LogP contribution >= 0.6 is 11.6 Å². The van der Waals surface area contributed by atoms with E-state index >= 15 is 0 Å². The second-order valence-corrected chi connectivity index (χ2v) is 7.54. The molecule has 2 aromatic carbocycles. The second kappa shape index (κ2) is 6.32. The standard InChI is InChI=1S/C22H15ClN2O4/c1-11-3-8-16-15(9-11)20(26)18-19(13-4-6-14(23)7-5-13)25(22(27)21(18)28-16)17-10-12(2)29-24-17/h3-10,19H,1-2H3/t19-/m1/s1. The van der Waals surface area contributed by atoms with Crippen LogP contribution in [0.15, 0.2) is 62.3 Å². The second-order valence-electron chi connectivity index (χ2n) is 7.10. The molecule has 0 saturated heterocycles. The van der Waals surface area contributed by atoms with Gasteiger partial charge < -0.3 is 8.94 Å². The van der Waals surface area contributed by atoms with Crippen LogP contribution in [0.4, 0.5) is 5.82 Å². The van der Waals surface area contributed by atoms with E-state index in [1.54, 1.807) is 49.4 Å². The number of aryl methyl sites for hydroxylation is 2. The molecular formula is C22H15ClN2O4. The maximum atomic E-state index is 13.4. The number of benzene rings is 2. The zero-order chi connectivity index (χ0) is 20.3. The summed E-state index contributed by atoms with van der Waals surface area (Å²) in [5.74, 6) is 0.456. The van der Waals surface area contributed by atoms with Crippen LogP contribution < -0.4 is 10.3 Å². The van der Waals surface area contributed by atoms with Crippen LogP contribution in [0.5, 0.6) is 0 Å². The van der Waals surface area contributed by atoms with Gasteiger partial charge in [0.2, 0.25) is 5.76 Å². The number of hydrogen-bond donors (Lipinski definition) is 0. The number of amides is 1. The van der Waals surface area contributed by atoms with Gasteiger partial charge in [0.15, 0.2) is 11.2 Å². The van der Waals surface area contributed by atoms with E-state index in [0.717, 1.165) is 11.1 Å². The SMILES string of the molecule is Cc1ccc2oc3c(c(=O)c2c1)[C@@H](c1ccc(Cl)cc1)N(c1cc(C)on1)C3=O. The molecule has 0 radical (unpaired) electrons. The highest BCUT2D eigenvalue weighted by Crippen LogP contribution is 2.41. The van der Waals surface area contributed by atoms with E-state index in [-0.39, 0.29) is 16.8 Å². The van der Waals surface area contributed by atoms with Gasteiger partial charge in [-0.3, -0.25) is 14.5 Å². The zero-order valence-corrected chi connectivity index (χ0v) is 16.4. The Morgan fingerprint density at radius 2 is 1.79 bits per heavy atom. The number of aromatic nitrogens is 1. The lowest BCUT2D eigenvalue weighted by Gasteiger charge is -2.22. The Kier molecular flexibility index (Phi) is 3.86. The summed E-state index contributed by atoms with van der Waals surface area (Å²) in [6.45, 7) is 3.64. The Labute approximate surface area is 170 Å². The lowest BCUT2D eigenvalue weighted by molar-refractivity contribution is 0.0969. The topological polar surface area (TPSA) is 76.6 Å². The highest BCUT2D eigenvalue weighted by molar-refractivity contribution is 6.30. The van der Waals surface area contributed by atoms with Crippen LogP contribution in [-0.4, -0.2) is 11.1 Å². The molecule has 1 atom stereocenters. The van der Waals surface area contributed by atoms with E-state index in [1.807, 2.05) is 13.0 Å². The lowest BCUT2D eigenvalue weighted by atomic mass is 9.98. The summed E-state index contributed by atoms with van der Waals surface area (Å²) in [4.78, 5) is 28.2. The molecule has 2 aromatic heterocycles. The lowest BCUT2D eigenvalue weighted by Crippen LogP contribution is -2.29. The summed E-state index contributed by atoms with van der Waals surface area (Å²) in [5.41, 5.74) is 2.08. The van der Waals surface area contributed by atoms with Gasteiger partial charge in [-0.25, -0.2) is 0 Å². The fourth-order valence-electron chi connectivity index (χ4n) is 3.75. The molecular weight excluding hydrogens is 392 g/mol. The maximum absolute atomic E-state index is 13.4. The van der Waals surface area contributed by atoms with E-state index < -0.39 is 11.9 Å². The number of carbonyl (C=O) groups is 1. The van der Waals surface area contributed by atoms with Crippen molar-refractivity contribution in [2.24, 2.45) is 0 Å². The van der Waals surface area contributed by atoms with Gasteiger partial charge in [-0.2, -0.15) is 0 Å². The van der Waals surface area contributed by atoms with Crippen molar-refractivity contribution in [1.29, 1.82) is 0 Å². The van der Waals surface area contributed by atoms with Crippen LogP contribution in [0.2, 0.25) is 5.02 Å². The number of rotatable bonds is 2. The van der Waals surface area contributed by atoms with E-state index in [4.69, 9.17) is 20.5 Å². The monoisotopic (exact) mass is 406 g/mol.